The number of fused-ring (bicyclic) bond motifs is 1. The van der Waals surface area contributed by atoms with Crippen molar-refractivity contribution in [1.29, 1.82) is 0 Å². The van der Waals surface area contributed by atoms with E-state index in [2.05, 4.69) is 9.97 Å². The summed E-state index contributed by atoms with van der Waals surface area (Å²) < 4.78 is 57.0. The van der Waals surface area contributed by atoms with Crippen molar-refractivity contribution in [3.8, 4) is 21.8 Å². The average Bonchev–Trinajstić information content (AvgIpc) is 3.19. The summed E-state index contributed by atoms with van der Waals surface area (Å²) in [6, 6.07) is 7.73. The van der Waals surface area contributed by atoms with Crippen molar-refractivity contribution in [3.05, 3.63) is 63.7 Å². The average molecular weight is 380 g/mol. The van der Waals surface area contributed by atoms with Gasteiger partial charge in [0.15, 0.2) is 5.58 Å². The number of thiazole rings is 1. The number of nitrogens with one attached hydrogen (secondary N) is 1. The van der Waals surface area contributed by atoms with Gasteiger partial charge in [0.2, 0.25) is 0 Å². The zero-order chi connectivity index (χ0) is 18.5. The Hall–Kier alpha value is -2.94. The molecule has 2 aromatic heterocycles. The first-order chi connectivity index (χ1) is 12.3. The molecule has 0 fully saturated rings. The minimum atomic E-state index is -4.78. The van der Waals surface area contributed by atoms with Crippen molar-refractivity contribution in [2.45, 2.75) is 6.18 Å². The largest absolute Gasteiger partial charge is 0.419 e. The monoisotopic (exact) mass is 380 g/mol. The van der Waals surface area contributed by atoms with Gasteiger partial charge in [-0.05, 0) is 30.3 Å². The van der Waals surface area contributed by atoms with E-state index in [1.165, 1.54) is 6.07 Å². The highest BCUT2D eigenvalue weighted by Gasteiger charge is 2.34. The molecular formula is C17H8F4N2O2S. The third kappa shape index (κ3) is 2.90. The van der Waals surface area contributed by atoms with Crippen LogP contribution in [0.15, 0.2) is 51.0 Å². The van der Waals surface area contributed by atoms with E-state index < -0.39 is 23.3 Å². The van der Waals surface area contributed by atoms with Crippen LogP contribution >= 0.6 is 11.3 Å². The summed E-state index contributed by atoms with van der Waals surface area (Å²) >= 11 is 1.13. The molecule has 0 aliphatic carbocycles. The van der Waals surface area contributed by atoms with Gasteiger partial charge in [-0.1, -0.05) is 6.07 Å². The second-order valence-electron chi connectivity index (χ2n) is 5.46. The van der Waals surface area contributed by atoms with Crippen LogP contribution in [0, 0.1) is 5.82 Å². The fourth-order valence-electron chi connectivity index (χ4n) is 2.52. The molecule has 132 valence electrons. The molecule has 0 bridgehead atoms. The molecule has 4 aromatic rings. The van der Waals surface area contributed by atoms with Gasteiger partial charge in [0.1, 0.15) is 10.8 Å². The third-order valence-electron chi connectivity index (χ3n) is 3.74. The molecule has 0 saturated heterocycles. The summed E-state index contributed by atoms with van der Waals surface area (Å²) in [7, 11) is 0. The number of oxazole rings is 1. The molecule has 0 amide bonds. The number of rotatable bonds is 2. The molecule has 0 atom stereocenters. The van der Waals surface area contributed by atoms with Gasteiger partial charge < -0.3 is 4.42 Å². The number of hydrogen-bond donors (Lipinski definition) is 1. The molecule has 2 heterocycles. The Morgan fingerprint density at radius 1 is 1.08 bits per heavy atom. The molecule has 1 N–H and O–H groups in total. The van der Waals surface area contributed by atoms with Crippen molar-refractivity contribution >= 4 is 22.4 Å². The summed E-state index contributed by atoms with van der Waals surface area (Å²) in [5.41, 5.74) is 0.867. The highest BCUT2D eigenvalue weighted by Crippen LogP contribution is 2.36. The Bertz CT molecular complexity index is 1170. The van der Waals surface area contributed by atoms with E-state index in [1.807, 2.05) is 0 Å². The maximum absolute atomic E-state index is 13.4. The fourth-order valence-corrected chi connectivity index (χ4v) is 3.35. The molecule has 26 heavy (non-hydrogen) atoms. The van der Waals surface area contributed by atoms with Crippen molar-refractivity contribution in [2.24, 2.45) is 0 Å². The molecule has 0 radical (unpaired) electrons. The van der Waals surface area contributed by atoms with E-state index in [-0.39, 0.29) is 5.56 Å². The Labute approximate surface area is 146 Å². The number of hydrogen-bond acceptors (Lipinski definition) is 4. The van der Waals surface area contributed by atoms with E-state index >= 15 is 0 Å². The molecule has 4 rings (SSSR count). The maximum Gasteiger partial charge on any atom is 0.419 e. The number of aromatic amines is 1. The van der Waals surface area contributed by atoms with Crippen LogP contribution in [0.3, 0.4) is 0 Å². The van der Waals surface area contributed by atoms with Crippen LogP contribution in [-0.4, -0.2) is 9.97 Å². The minimum absolute atomic E-state index is 0.171. The van der Waals surface area contributed by atoms with Gasteiger partial charge in [-0.25, -0.2) is 14.2 Å². The van der Waals surface area contributed by atoms with Gasteiger partial charge in [-0.2, -0.15) is 13.2 Å². The van der Waals surface area contributed by atoms with Gasteiger partial charge in [0.05, 0.1) is 16.8 Å². The van der Waals surface area contributed by atoms with Crippen molar-refractivity contribution in [1.82, 2.24) is 9.97 Å². The number of nitrogens with zero attached hydrogens (tertiary/aromatic N) is 1. The van der Waals surface area contributed by atoms with Crippen LogP contribution < -0.4 is 5.76 Å². The first kappa shape index (κ1) is 16.5. The quantitative estimate of drug-likeness (QED) is 0.494. The van der Waals surface area contributed by atoms with Gasteiger partial charge >= 0.3 is 11.9 Å². The Kier molecular flexibility index (Phi) is 3.69. The topological polar surface area (TPSA) is 58.9 Å². The minimum Gasteiger partial charge on any atom is -0.408 e. The number of aromatic nitrogens is 2. The summed E-state index contributed by atoms with van der Waals surface area (Å²) in [4.78, 5) is 18.0. The number of halogens is 4. The third-order valence-corrected chi connectivity index (χ3v) is 4.63. The lowest BCUT2D eigenvalue weighted by Gasteiger charge is -2.08. The SMILES string of the molecule is O=c1[nH]c2ccc(-c3csc(-c4ccc(F)c(C(F)(F)F)c4)n3)cc2o1. The molecule has 0 aliphatic rings. The number of alkyl halides is 3. The van der Waals surface area contributed by atoms with Crippen LogP contribution in [-0.2, 0) is 6.18 Å². The Morgan fingerprint density at radius 2 is 1.85 bits per heavy atom. The van der Waals surface area contributed by atoms with E-state index in [9.17, 15) is 22.4 Å². The predicted molar refractivity (Wildman–Crippen MR) is 88.3 cm³/mol. The second-order valence-corrected chi connectivity index (χ2v) is 6.31. The van der Waals surface area contributed by atoms with Gasteiger partial charge in [0, 0.05) is 16.5 Å². The zero-order valence-electron chi connectivity index (χ0n) is 12.7. The Morgan fingerprint density at radius 3 is 2.62 bits per heavy atom. The normalized spacial score (nSPS) is 12.0. The van der Waals surface area contributed by atoms with E-state index in [0.29, 0.717) is 27.4 Å². The molecule has 0 unspecified atom stereocenters. The van der Waals surface area contributed by atoms with Crippen LogP contribution in [0.2, 0.25) is 0 Å². The number of benzene rings is 2. The molecule has 4 nitrogen and oxygen atoms in total. The van der Waals surface area contributed by atoms with Gasteiger partial charge in [-0.3, -0.25) is 4.98 Å². The summed E-state index contributed by atoms with van der Waals surface area (Å²) in [5.74, 6) is -1.91. The van der Waals surface area contributed by atoms with Crippen molar-refractivity contribution in [3.63, 3.8) is 0 Å². The van der Waals surface area contributed by atoms with Crippen molar-refractivity contribution in [2.75, 3.05) is 0 Å². The van der Waals surface area contributed by atoms with Crippen LogP contribution in [0.5, 0.6) is 0 Å². The first-order valence-electron chi connectivity index (χ1n) is 7.27. The lowest BCUT2D eigenvalue weighted by Crippen LogP contribution is -2.08. The molecule has 0 spiro atoms. The van der Waals surface area contributed by atoms with E-state index in [0.717, 1.165) is 23.5 Å². The maximum atomic E-state index is 13.4. The molecule has 9 heteroatoms. The van der Waals surface area contributed by atoms with Gasteiger partial charge in [-0.15, -0.1) is 11.3 Å². The predicted octanol–water partition coefficient (Wildman–Crippen LogP) is 5.07. The van der Waals surface area contributed by atoms with Crippen molar-refractivity contribution < 1.29 is 22.0 Å². The van der Waals surface area contributed by atoms with E-state index in [4.69, 9.17) is 4.42 Å². The molecule has 2 aromatic carbocycles. The highest BCUT2D eigenvalue weighted by molar-refractivity contribution is 7.13. The Balaban J connectivity index is 1.74. The highest BCUT2D eigenvalue weighted by atomic mass is 32.1. The lowest BCUT2D eigenvalue weighted by molar-refractivity contribution is -0.139. The summed E-state index contributed by atoms with van der Waals surface area (Å²) in [6.07, 6.45) is -4.78. The van der Waals surface area contributed by atoms with Crippen LogP contribution in [0.25, 0.3) is 32.9 Å². The van der Waals surface area contributed by atoms with Crippen LogP contribution in [0.1, 0.15) is 5.56 Å². The second kappa shape index (κ2) is 5.80. The molecular weight excluding hydrogens is 372 g/mol. The molecule has 0 aliphatic heterocycles. The van der Waals surface area contributed by atoms with Gasteiger partial charge in [0.25, 0.3) is 0 Å². The first-order valence-corrected chi connectivity index (χ1v) is 8.15. The number of H-pyrrole nitrogens is 1. The fraction of sp³-hybridized carbons (Fsp3) is 0.0588. The van der Waals surface area contributed by atoms with E-state index in [1.54, 1.807) is 23.6 Å². The standard InChI is InChI=1S/C17H8F4N2O2S/c18-11-3-1-9(5-10(11)17(19,20)21)15-22-13(7-26-15)8-2-4-12-14(6-8)25-16(24)23-12/h1-7H,(H,23,24). The summed E-state index contributed by atoms with van der Waals surface area (Å²) in [5, 5.41) is 1.99. The van der Waals surface area contributed by atoms with Crippen LogP contribution in [0.4, 0.5) is 17.6 Å². The summed E-state index contributed by atoms with van der Waals surface area (Å²) in [6.45, 7) is 0. The molecule has 0 saturated carbocycles. The zero-order valence-corrected chi connectivity index (χ0v) is 13.5. The lowest BCUT2D eigenvalue weighted by atomic mass is 10.1. The smallest absolute Gasteiger partial charge is 0.408 e.